The molecule has 0 amide bonds. The summed E-state index contributed by atoms with van der Waals surface area (Å²) < 4.78 is 118. The standard InChI is InChI=1S/C11H6N2O.2C10H8N2.2F6P.Ru/c14-11-7-3-1-5-12-9(7)10-8(11)4-2-6-13-10;2*1-3-7-11-9(5-1)10-6-2-4-8-12-10;2*1-7(2,3,4,5)6;/h1-6H;2*1-8H;;;/q;;;2*-1;+2. The van der Waals surface area contributed by atoms with Crippen molar-refractivity contribution in [2.24, 2.45) is 0 Å². The van der Waals surface area contributed by atoms with Gasteiger partial charge >= 0.3 is 85.5 Å². The van der Waals surface area contributed by atoms with E-state index in [9.17, 15) is 55.2 Å². The van der Waals surface area contributed by atoms with Crippen molar-refractivity contribution in [1.29, 1.82) is 0 Å². The maximum absolute atomic E-state index is 11.8. The second-order valence-corrected chi connectivity index (χ2v) is 13.7. The van der Waals surface area contributed by atoms with Crippen LogP contribution in [0.5, 0.6) is 0 Å². The van der Waals surface area contributed by atoms with E-state index in [1.165, 1.54) is 0 Å². The van der Waals surface area contributed by atoms with Crippen LogP contribution in [0.1, 0.15) is 15.9 Å². The molecule has 0 aromatic carbocycles. The van der Waals surface area contributed by atoms with E-state index in [1.54, 1.807) is 61.4 Å². The summed E-state index contributed by atoms with van der Waals surface area (Å²) >= 11 is 0. The molecule has 1 aliphatic rings. The first kappa shape index (κ1) is 44.4. The van der Waals surface area contributed by atoms with Gasteiger partial charge in [-0.25, -0.2) is 0 Å². The molecule has 0 saturated heterocycles. The number of nitrogens with zero attached hydrogens (tertiary/aromatic N) is 6. The van der Waals surface area contributed by atoms with Crippen molar-refractivity contribution < 1.29 is 74.6 Å². The monoisotopic (exact) mass is 886 g/mol. The van der Waals surface area contributed by atoms with Crippen LogP contribution in [-0.4, -0.2) is 35.7 Å². The van der Waals surface area contributed by atoms with Crippen molar-refractivity contribution in [3.05, 3.63) is 145 Å². The Kier molecular flexibility index (Phi) is 13.1. The molecular weight excluding hydrogens is 863 g/mol. The zero-order valence-electron chi connectivity index (χ0n) is 26.1. The molecule has 0 unspecified atom stereocenters. The van der Waals surface area contributed by atoms with E-state index < -0.39 is 15.6 Å². The molecule has 0 atom stereocenters. The first-order valence-corrected chi connectivity index (χ1v) is 18.0. The van der Waals surface area contributed by atoms with E-state index in [2.05, 4.69) is 29.9 Å². The van der Waals surface area contributed by atoms with Gasteiger partial charge in [0, 0.05) is 37.2 Å². The topological polar surface area (TPSA) is 94.4 Å². The van der Waals surface area contributed by atoms with E-state index in [-0.39, 0.29) is 25.3 Å². The molecule has 284 valence electrons. The van der Waals surface area contributed by atoms with Crippen molar-refractivity contribution in [2.45, 2.75) is 0 Å². The molecular formula is C31H22F12N6OP2Ru. The summed E-state index contributed by atoms with van der Waals surface area (Å²) in [6.45, 7) is 0. The maximum Gasteiger partial charge on any atom is 2.00 e. The Morgan fingerprint density at radius 2 is 0.566 bits per heavy atom. The van der Waals surface area contributed by atoms with Gasteiger partial charge in [-0.3, -0.25) is 34.7 Å². The van der Waals surface area contributed by atoms with Crippen LogP contribution in [-0.2, 0) is 19.5 Å². The van der Waals surface area contributed by atoms with Crippen LogP contribution in [0.3, 0.4) is 0 Å². The van der Waals surface area contributed by atoms with Gasteiger partial charge in [0.15, 0.2) is 5.78 Å². The fourth-order valence-corrected chi connectivity index (χ4v) is 3.76. The normalized spacial score (nSPS) is 13.8. The van der Waals surface area contributed by atoms with Crippen LogP contribution in [0.4, 0.5) is 50.4 Å². The number of carbonyl (C=O) groups excluding carboxylic acids is 1. The molecule has 7 nitrogen and oxygen atoms in total. The molecule has 1 aliphatic carbocycles. The summed E-state index contributed by atoms with van der Waals surface area (Å²) in [6, 6.07) is 30.3. The molecule has 0 saturated carbocycles. The number of fused-ring (bicyclic) bond motifs is 3. The molecule has 0 radical (unpaired) electrons. The van der Waals surface area contributed by atoms with Crippen molar-refractivity contribution in [3.63, 3.8) is 0 Å². The van der Waals surface area contributed by atoms with E-state index in [0.29, 0.717) is 22.5 Å². The summed E-state index contributed by atoms with van der Waals surface area (Å²) in [7, 11) is -21.3. The SMILES string of the molecule is F[P-](F)(F)(F)(F)F.F[P-](F)(F)(F)(F)F.O=C1c2cccnc2-c2ncccc21.[Ru+2].c1ccc(-c2ccccn2)nc1.c1ccc(-c2ccccn2)nc1. The third-order valence-electron chi connectivity index (χ3n) is 5.51. The number of ketones is 1. The molecule has 0 aliphatic heterocycles. The van der Waals surface area contributed by atoms with E-state index in [4.69, 9.17) is 0 Å². The van der Waals surface area contributed by atoms with Crippen LogP contribution in [0.25, 0.3) is 34.2 Å². The molecule has 53 heavy (non-hydrogen) atoms. The van der Waals surface area contributed by atoms with Gasteiger partial charge in [0.25, 0.3) is 0 Å². The molecule has 6 aromatic rings. The second kappa shape index (κ2) is 15.7. The van der Waals surface area contributed by atoms with Crippen molar-refractivity contribution in [3.8, 4) is 34.2 Å². The molecule has 0 bridgehead atoms. The zero-order valence-corrected chi connectivity index (χ0v) is 29.6. The second-order valence-electron chi connectivity index (χ2n) is 9.90. The predicted molar refractivity (Wildman–Crippen MR) is 173 cm³/mol. The average molecular weight is 886 g/mol. The summed E-state index contributed by atoms with van der Waals surface area (Å²) in [5, 5.41) is 0. The minimum Gasteiger partial charge on any atom is -0.288 e. The number of hydrogen-bond donors (Lipinski definition) is 0. The Hall–Kier alpha value is -4.79. The van der Waals surface area contributed by atoms with Gasteiger partial charge in [0.05, 0.1) is 33.9 Å². The van der Waals surface area contributed by atoms with Gasteiger partial charge in [-0.2, -0.15) is 0 Å². The number of rotatable bonds is 2. The predicted octanol–water partition coefficient (Wildman–Crippen LogP) is 12.7. The molecule has 0 spiro atoms. The minimum atomic E-state index is -10.7. The van der Waals surface area contributed by atoms with Crippen molar-refractivity contribution in [1.82, 2.24) is 29.9 Å². The summed E-state index contributed by atoms with van der Waals surface area (Å²) in [5.74, 6) is 0.0243. The number of pyridine rings is 6. The van der Waals surface area contributed by atoms with Crippen molar-refractivity contribution in [2.75, 3.05) is 0 Å². The summed E-state index contributed by atoms with van der Waals surface area (Å²) in [5.41, 5.74) is 6.37. The fourth-order valence-electron chi connectivity index (χ4n) is 3.76. The van der Waals surface area contributed by atoms with Gasteiger partial charge in [-0.05, 0) is 72.8 Å². The third-order valence-corrected chi connectivity index (χ3v) is 5.51. The van der Waals surface area contributed by atoms with Gasteiger partial charge in [-0.1, -0.05) is 24.3 Å². The Morgan fingerprint density at radius 1 is 0.340 bits per heavy atom. The first-order valence-electron chi connectivity index (χ1n) is 13.9. The van der Waals surface area contributed by atoms with E-state index >= 15 is 0 Å². The van der Waals surface area contributed by atoms with E-state index in [0.717, 1.165) is 22.8 Å². The summed E-state index contributed by atoms with van der Waals surface area (Å²) in [6.07, 6.45) is 10.4. The Morgan fingerprint density at radius 3 is 0.774 bits per heavy atom. The maximum atomic E-state index is 11.8. The Labute approximate surface area is 304 Å². The minimum absolute atomic E-state index is 0. The Bertz CT molecular complexity index is 1840. The molecule has 6 aromatic heterocycles. The van der Waals surface area contributed by atoms with Crippen LogP contribution in [0, 0.1) is 0 Å². The van der Waals surface area contributed by atoms with Gasteiger partial charge < -0.3 is 0 Å². The van der Waals surface area contributed by atoms with Gasteiger partial charge in [0.1, 0.15) is 11.4 Å². The summed E-state index contributed by atoms with van der Waals surface area (Å²) in [4.78, 5) is 36.9. The number of carbonyl (C=O) groups is 1. The molecule has 22 heteroatoms. The molecule has 7 rings (SSSR count). The van der Waals surface area contributed by atoms with Gasteiger partial charge in [-0.15, -0.1) is 0 Å². The smallest absolute Gasteiger partial charge is 0.288 e. The fraction of sp³-hybridized carbons (Fsp3) is 0. The third kappa shape index (κ3) is 20.1. The van der Waals surface area contributed by atoms with Crippen LogP contribution >= 0.6 is 15.6 Å². The molecule has 0 fully saturated rings. The van der Waals surface area contributed by atoms with E-state index in [1.807, 2.05) is 72.8 Å². The van der Waals surface area contributed by atoms with Crippen LogP contribution in [0.15, 0.2) is 134 Å². The molecule has 6 heterocycles. The number of halogens is 12. The van der Waals surface area contributed by atoms with Crippen LogP contribution < -0.4 is 0 Å². The first-order chi connectivity index (χ1) is 23.7. The Balaban J connectivity index is 0.000000235. The number of aromatic nitrogens is 6. The largest absolute Gasteiger partial charge is 2.00 e. The van der Waals surface area contributed by atoms with Crippen molar-refractivity contribution >= 4 is 21.4 Å². The van der Waals surface area contributed by atoms with Crippen LogP contribution in [0.2, 0.25) is 0 Å². The van der Waals surface area contributed by atoms with Gasteiger partial charge in [0.2, 0.25) is 0 Å². The number of hydrogen-bond acceptors (Lipinski definition) is 7. The molecule has 0 N–H and O–H groups in total. The average Bonchev–Trinajstić information content (AvgIpc) is 3.36. The zero-order chi connectivity index (χ0) is 38.8. The quantitative estimate of drug-likeness (QED) is 0.0969.